The summed E-state index contributed by atoms with van der Waals surface area (Å²) in [5.74, 6) is 0.494. The fraction of sp³-hybridized carbons (Fsp3) is 0.407. The number of nitrogens with zero attached hydrogens (tertiary/aromatic N) is 4. The number of halogens is 1. The van der Waals surface area contributed by atoms with Crippen molar-refractivity contribution in [1.82, 2.24) is 19.8 Å². The van der Waals surface area contributed by atoms with Crippen molar-refractivity contribution in [3.8, 4) is 5.69 Å². The molecule has 2 heterocycles. The Hall–Kier alpha value is -2.87. The van der Waals surface area contributed by atoms with Crippen LogP contribution in [0.1, 0.15) is 33.1 Å². The molecule has 0 radical (unpaired) electrons. The van der Waals surface area contributed by atoms with Gasteiger partial charge in [-0.25, -0.2) is 4.98 Å². The number of aliphatic hydroxyl groups excluding tert-OH is 1. The molecule has 1 unspecified atom stereocenters. The maximum atomic E-state index is 12.9. The summed E-state index contributed by atoms with van der Waals surface area (Å²) in [4.78, 5) is 22.0. The van der Waals surface area contributed by atoms with Gasteiger partial charge in [-0.2, -0.15) is 0 Å². The van der Waals surface area contributed by atoms with E-state index in [1.807, 2.05) is 68.7 Å². The van der Waals surface area contributed by atoms with Crippen LogP contribution in [0.5, 0.6) is 0 Å². The van der Waals surface area contributed by atoms with Crippen LogP contribution in [-0.4, -0.2) is 70.8 Å². The molecule has 1 aromatic heterocycles. The Morgan fingerprint density at radius 3 is 2.43 bits per heavy atom. The second-order valence-corrected chi connectivity index (χ2v) is 9.66. The highest BCUT2D eigenvalue weighted by Gasteiger charge is 2.23. The largest absolute Gasteiger partial charge is 0.390 e. The topological polar surface area (TPSA) is 73.6 Å². The first-order chi connectivity index (χ1) is 16.8. The maximum absolute atomic E-state index is 12.9. The fourth-order valence-electron chi connectivity index (χ4n) is 4.79. The zero-order valence-electron chi connectivity index (χ0n) is 20.9. The molecule has 1 atom stereocenters. The van der Waals surface area contributed by atoms with Gasteiger partial charge in [-0.3, -0.25) is 9.69 Å². The number of hydrogen-bond donors (Lipinski definition) is 2. The van der Waals surface area contributed by atoms with Crippen LogP contribution in [0, 0.1) is 27.7 Å². The number of nitrogens with one attached hydrogen (secondary N) is 1. The summed E-state index contributed by atoms with van der Waals surface area (Å²) in [6.07, 6.45) is -0.654. The Bertz CT molecular complexity index is 1200. The zero-order chi connectivity index (χ0) is 25.1. The van der Waals surface area contributed by atoms with Crippen LogP contribution >= 0.6 is 11.6 Å². The predicted molar refractivity (Wildman–Crippen MR) is 141 cm³/mol. The van der Waals surface area contributed by atoms with E-state index in [2.05, 4.69) is 26.2 Å². The number of aryl methyl sites for hydroxylation is 2. The lowest BCUT2D eigenvalue weighted by molar-refractivity contribution is 0.0847. The van der Waals surface area contributed by atoms with Crippen LogP contribution in [0.4, 0.5) is 5.69 Å². The lowest BCUT2D eigenvalue weighted by atomic mass is 10.1. The Balaban J connectivity index is 1.30. The summed E-state index contributed by atoms with van der Waals surface area (Å²) in [6, 6.07) is 14.0. The van der Waals surface area contributed by atoms with Crippen molar-refractivity contribution in [2.75, 3.05) is 44.2 Å². The van der Waals surface area contributed by atoms with E-state index in [1.54, 1.807) is 0 Å². The molecule has 1 aliphatic rings. The summed E-state index contributed by atoms with van der Waals surface area (Å²) in [5.41, 5.74) is 5.58. The first-order valence-corrected chi connectivity index (χ1v) is 12.4. The molecule has 35 heavy (non-hydrogen) atoms. The number of imidazole rings is 1. The fourth-order valence-corrected chi connectivity index (χ4v) is 4.96. The average molecular weight is 496 g/mol. The Kier molecular flexibility index (Phi) is 7.79. The minimum atomic E-state index is -0.654. The normalized spacial score (nSPS) is 15.3. The van der Waals surface area contributed by atoms with E-state index in [0.29, 0.717) is 12.2 Å². The molecule has 1 amide bonds. The van der Waals surface area contributed by atoms with Crippen molar-refractivity contribution < 1.29 is 9.90 Å². The van der Waals surface area contributed by atoms with Crippen molar-refractivity contribution >= 4 is 23.2 Å². The number of β-amino-alcohol motifs (C(OH)–C–C–N with tert-alkyl or cyclic N) is 1. The van der Waals surface area contributed by atoms with Gasteiger partial charge in [-0.15, -0.1) is 0 Å². The van der Waals surface area contributed by atoms with Crippen molar-refractivity contribution in [2.24, 2.45) is 0 Å². The number of amides is 1. The van der Waals surface area contributed by atoms with E-state index in [-0.39, 0.29) is 12.5 Å². The van der Waals surface area contributed by atoms with Gasteiger partial charge in [0.2, 0.25) is 0 Å². The van der Waals surface area contributed by atoms with Gasteiger partial charge in [0.05, 0.1) is 11.8 Å². The van der Waals surface area contributed by atoms with Crippen molar-refractivity contribution in [2.45, 2.75) is 33.8 Å². The first-order valence-electron chi connectivity index (χ1n) is 12.1. The summed E-state index contributed by atoms with van der Waals surface area (Å²) >= 11 is 6.28. The van der Waals surface area contributed by atoms with Gasteiger partial charge in [0.25, 0.3) is 5.91 Å². The van der Waals surface area contributed by atoms with E-state index in [1.165, 1.54) is 5.69 Å². The van der Waals surface area contributed by atoms with Gasteiger partial charge in [-0.05, 0) is 57.0 Å². The van der Waals surface area contributed by atoms with Gasteiger partial charge in [0.1, 0.15) is 11.5 Å². The van der Waals surface area contributed by atoms with Crippen LogP contribution < -0.4 is 10.2 Å². The van der Waals surface area contributed by atoms with Crippen LogP contribution in [0.3, 0.4) is 0 Å². The van der Waals surface area contributed by atoms with Crippen molar-refractivity contribution in [3.63, 3.8) is 0 Å². The summed E-state index contributed by atoms with van der Waals surface area (Å²) in [5, 5.41) is 14.2. The summed E-state index contributed by atoms with van der Waals surface area (Å²) in [6.45, 7) is 12.0. The van der Waals surface area contributed by atoms with Gasteiger partial charge in [-0.1, -0.05) is 35.9 Å². The van der Waals surface area contributed by atoms with Crippen molar-refractivity contribution in [3.05, 3.63) is 75.8 Å². The molecular formula is C27H34ClN5O2. The number of carbonyl (C=O) groups excluding carboxylic acids is 1. The molecule has 0 aliphatic carbocycles. The summed E-state index contributed by atoms with van der Waals surface area (Å²) < 4.78 is 2.00. The van der Waals surface area contributed by atoms with Gasteiger partial charge < -0.3 is 19.9 Å². The number of para-hydroxylation sites is 1. The van der Waals surface area contributed by atoms with Crippen molar-refractivity contribution in [1.29, 1.82) is 0 Å². The third kappa shape index (κ3) is 5.53. The third-order valence-electron chi connectivity index (χ3n) is 6.77. The molecule has 1 aliphatic heterocycles. The maximum Gasteiger partial charge on any atom is 0.271 e. The molecule has 1 fully saturated rings. The smallest absolute Gasteiger partial charge is 0.271 e. The molecule has 2 N–H and O–H groups in total. The number of anilines is 1. The van der Waals surface area contributed by atoms with E-state index in [4.69, 9.17) is 11.6 Å². The van der Waals surface area contributed by atoms with E-state index in [9.17, 15) is 9.90 Å². The summed E-state index contributed by atoms with van der Waals surface area (Å²) in [7, 11) is 0. The SMILES string of the molecule is Cc1ccccc1-n1c(C)nc(C(=O)NCC(O)CN2CCN(c3cccc(Cl)c3C)CC2)c1C. The molecule has 0 saturated carbocycles. The van der Waals surface area contributed by atoms with Gasteiger partial charge in [0.15, 0.2) is 0 Å². The van der Waals surface area contributed by atoms with E-state index in [0.717, 1.165) is 59.5 Å². The van der Waals surface area contributed by atoms with Crippen LogP contribution in [-0.2, 0) is 0 Å². The lowest BCUT2D eigenvalue weighted by Gasteiger charge is -2.37. The minimum absolute atomic E-state index is 0.183. The second kappa shape index (κ2) is 10.8. The first kappa shape index (κ1) is 25.2. The molecule has 1 saturated heterocycles. The Labute approximate surface area is 212 Å². The Morgan fingerprint density at radius 1 is 1.03 bits per heavy atom. The molecule has 7 nitrogen and oxygen atoms in total. The van der Waals surface area contributed by atoms with Gasteiger partial charge in [0, 0.05) is 55.7 Å². The lowest BCUT2D eigenvalue weighted by Crippen LogP contribution is -2.50. The molecule has 8 heteroatoms. The zero-order valence-corrected chi connectivity index (χ0v) is 21.6. The molecule has 186 valence electrons. The quantitative estimate of drug-likeness (QED) is 0.523. The number of hydrogen-bond acceptors (Lipinski definition) is 5. The molecule has 3 aromatic rings. The van der Waals surface area contributed by atoms with Crippen LogP contribution in [0.25, 0.3) is 5.69 Å². The Morgan fingerprint density at radius 2 is 1.71 bits per heavy atom. The number of aliphatic hydroxyl groups is 1. The third-order valence-corrected chi connectivity index (χ3v) is 7.18. The van der Waals surface area contributed by atoms with E-state index >= 15 is 0 Å². The predicted octanol–water partition coefficient (Wildman–Crippen LogP) is 3.67. The minimum Gasteiger partial charge on any atom is -0.390 e. The molecule has 4 rings (SSSR count). The highest BCUT2D eigenvalue weighted by atomic mass is 35.5. The molecule has 0 spiro atoms. The molecular weight excluding hydrogens is 462 g/mol. The van der Waals surface area contributed by atoms with Crippen LogP contribution in [0.15, 0.2) is 42.5 Å². The highest BCUT2D eigenvalue weighted by molar-refractivity contribution is 6.31. The molecule has 0 bridgehead atoms. The molecule has 2 aromatic carbocycles. The number of rotatable bonds is 7. The number of carbonyl (C=O) groups is 1. The number of piperazine rings is 1. The average Bonchev–Trinajstić information content (AvgIpc) is 3.14. The van der Waals surface area contributed by atoms with Gasteiger partial charge >= 0.3 is 0 Å². The van der Waals surface area contributed by atoms with E-state index < -0.39 is 6.10 Å². The van der Waals surface area contributed by atoms with Crippen LogP contribution in [0.2, 0.25) is 5.02 Å². The highest BCUT2D eigenvalue weighted by Crippen LogP contribution is 2.27. The number of aromatic nitrogens is 2. The standard InChI is InChI=1S/C27H34ClN5O2/c1-18-8-5-6-10-24(18)33-20(3)26(30-21(33)4)27(35)29-16-22(34)17-31-12-14-32(15-13-31)25-11-7-9-23(28)19(25)2/h5-11,22,34H,12-17H2,1-4H3,(H,29,35). The number of benzene rings is 2. The second-order valence-electron chi connectivity index (χ2n) is 9.25. The monoisotopic (exact) mass is 495 g/mol.